The second kappa shape index (κ2) is 9.47. The molecule has 1 fully saturated rings. The Kier molecular flexibility index (Phi) is 6.31. The molecule has 3 aromatic rings. The minimum absolute atomic E-state index is 0.0284. The molecule has 160 valence electrons. The van der Waals surface area contributed by atoms with Crippen LogP contribution in [-0.2, 0) is 11.2 Å². The maximum atomic E-state index is 12.7. The lowest BCUT2D eigenvalue weighted by Crippen LogP contribution is -2.50. The van der Waals surface area contributed by atoms with Gasteiger partial charge in [-0.1, -0.05) is 24.3 Å². The highest BCUT2D eigenvalue weighted by Crippen LogP contribution is 2.16. The van der Waals surface area contributed by atoms with E-state index in [-0.39, 0.29) is 11.8 Å². The molecule has 0 saturated carbocycles. The molecular formula is C24H26N4O3. The van der Waals surface area contributed by atoms with Crippen molar-refractivity contribution in [3.05, 3.63) is 78.1 Å². The minimum Gasteiger partial charge on any atom is -0.497 e. The van der Waals surface area contributed by atoms with E-state index in [1.165, 1.54) is 0 Å². The van der Waals surface area contributed by atoms with E-state index < -0.39 is 0 Å². The van der Waals surface area contributed by atoms with Crippen molar-refractivity contribution >= 4 is 11.8 Å². The number of ether oxygens (including phenoxy) is 1. The molecule has 31 heavy (non-hydrogen) atoms. The van der Waals surface area contributed by atoms with Crippen LogP contribution in [0.3, 0.4) is 0 Å². The third-order valence-electron chi connectivity index (χ3n) is 5.52. The van der Waals surface area contributed by atoms with E-state index in [2.05, 4.69) is 5.10 Å². The predicted octanol–water partition coefficient (Wildman–Crippen LogP) is 2.80. The van der Waals surface area contributed by atoms with Crippen molar-refractivity contribution in [1.29, 1.82) is 0 Å². The van der Waals surface area contributed by atoms with Crippen molar-refractivity contribution < 1.29 is 14.3 Å². The van der Waals surface area contributed by atoms with Crippen LogP contribution in [0.4, 0.5) is 0 Å². The highest BCUT2D eigenvalue weighted by atomic mass is 16.5. The van der Waals surface area contributed by atoms with Gasteiger partial charge in [-0.2, -0.15) is 5.10 Å². The summed E-state index contributed by atoms with van der Waals surface area (Å²) in [5, 5.41) is 4.39. The highest BCUT2D eigenvalue weighted by Gasteiger charge is 2.25. The van der Waals surface area contributed by atoms with Gasteiger partial charge in [0.25, 0.3) is 5.91 Å². The van der Waals surface area contributed by atoms with Gasteiger partial charge in [0.1, 0.15) is 5.75 Å². The smallest absolute Gasteiger partial charge is 0.254 e. The fourth-order valence-electron chi connectivity index (χ4n) is 3.72. The third kappa shape index (κ3) is 4.94. The van der Waals surface area contributed by atoms with E-state index in [9.17, 15) is 9.59 Å². The molecule has 0 radical (unpaired) electrons. The Labute approximate surface area is 181 Å². The predicted molar refractivity (Wildman–Crippen MR) is 117 cm³/mol. The molecule has 0 N–H and O–H groups in total. The molecule has 1 aliphatic rings. The molecule has 1 saturated heterocycles. The van der Waals surface area contributed by atoms with Crippen LogP contribution < -0.4 is 4.74 Å². The number of nitrogens with zero attached hydrogens (tertiary/aromatic N) is 4. The molecule has 4 rings (SSSR count). The zero-order chi connectivity index (χ0) is 21.6. The molecule has 0 unspecified atom stereocenters. The summed E-state index contributed by atoms with van der Waals surface area (Å²) in [6.07, 6.45) is 4.86. The van der Waals surface area contributed by atoms with Crippen molar-refractivity contribution in [2.24, 2.45) is 0 Å². The van der Waals surface area contributed by atoms with E-state index in [0.717, 1.165) is 11.3 Å². The monoisotopic (exact) mass is 418 g/mol. The lowest BCUT2D eigenvalue weighted by Gasteiger charge is -2.35. The van der Waals surface area contributed by atoms with Crippen LogP contribution in [0.15, 0.2) is 67.0 Å². The van der Waals surface area contributed by atoms with Gasteiger partial charge in [-0.25, -0.2) is 4.68 Å². The molecule has 7 nitrogen and oxygen atoms in total. The number of hydrogen-bond donors (Lipinski definition) is 0. The molecular weight excluding hydrogens is 392 g/mol. The number of rotatable bonds is 6. The van der Waals surface area contributed by atoms with Crippen LogP contribution >= 0.6 is 0 Å². The van der Waals surface area contributed by atoms with Gasteiger partial charge in [-0.05, 0) is 42.3 Å². The lowest BCUT2D eigenvalue weighted by atomic mass is 10.1. The van der Waals surface area contributed by atoms with Gasteiger partial charge >= 0.3 is 0 Å². The molecule has 0 aliphatic carbocycles. The van der Waals surface area contributed by atoms with Gasteiger partial charge in [0.15, 0.2) is 0 Å². The average Bonchev–Trinajstić information content (AvgIpc) is 3.32. The Morgan fingerprint density at radius 3 is 2.45 bits per heavy atom. The Morgan fingerprint density at radius 1 is 0.968 bits per heavy atom. The average molecular weight is 418 g/mol. The molecule has 1 aromatic heterocycles. The van der Waals surface area contributed by atoms with E-state index in [0.29, 0.717) is 50.3 Å². The number of piperazine rings is 1. The number of aryl methyl sites for hydroxylation is 1. The second-order valence-corrected chi connectivity index (χ2v) is 7.53. The summed E-state index contributed by atoms with van der Waals surface area (Å²) in [7, 11) is 1.58. The third-order valence-corrected chi connectivity index (χ3v) is 5.52. The largest absolute Gasteiger partial charge is 0.497 e. The van der Waals surface area contributed by atoms with E-state index in [4.69, 9.17) is 4.74 Å². The Morgan fingerprint density at radius 2 is 1.71 bits per heavy atom. The van der Waals surface area contributed by atoms with Crippen LogP contribution in [-0.4, -0.2) is 64.7 Å². The van der Waals surface area contributed by atoms with Gasteiger partial charge in [0.05, 0.1) is 19.0 Å². The number of carbonyl (C=O) groups excluding carboxylic acids is 2. The van der Waals surface area contributed by atoms with Crippen molar-refractivity contribution in [1.82, 2.24) is 19.6 Å². The van der Waals surface area contributed by atoms with Crippen LogP contribution in [0.5, 0.6) is 5.75 Å². The number of para-hydroxylation sites is 1. The topological polar surface area (TPSA) is 67.7 Å². The zero-order valence-corrected chi connectivity index (χ0v) is 17.6. The Balaban J connectivity index is 1.27. The maximum Gasteiger partial charge on any atom is 0.254 e. The minimum atomic E-state index is -0.0284. The second-order valence-electron chi connectivity index (χ2n) is 7.53. The van der Waals surface area contributed by atoms with Gasteiger partial charge < -0.3 is 14.5 Å². The van der Waals surface area contributed by atoms with Crippen molar-refractivity contribution in [2.75, 3.05) is 33.3 Å². The normalized spacial score (nSPS) is 13.8. The first-order chi connectivity index (χ1) is 15.1. The first-order valence-corrected chi connectivity index (χ1v) is 10.4. The number of hydrogen-bond acceptors (Lipinski definition) is 4. The summed E-state index contributed by atoms with van der Waals surface area (Å²) in [4.78, 5) is 29.0. The number of amides is 2. The standard InChI is InChI=1S/C24H26N4O3/c1-31-22-9-5-6-20(16-22)24(30)27-14-12-26(13-15-27)23(29)11-10-19-17-25-28(18-19)21-7-3-2-4-8-21/h2-9,16-18H,10-15H2,1H3. The molecule has 0 atom stereocenters. The fourth-order valence-corrected chi connectivity index (χ4v) is 3.72. The van der Waals surface area contributed by atoms with Gasteiger partial charge in [0, 0.05) is 44.4 Å². The molecule has 2 amide bonds. The maximum absolute atomic E-state index is 12.7. The summed E-state index contributed by atoms with van der Waals surface area (Å²) < 4.78 is 7.02. The van der Waals surface area contributed by atoms with Crippen LogP contribution in [0.1, 0.15) is 22.3 Å². The molecule has 0 bridgehead atoms. The van der Waals surface area contributed by atoms with Crippen LogP contribution in [0.2, 0.25) is 0 Å². The number of aromatic nitrogens is 2. The van der Waals surface area contributed by atoms with E-state index in [1.54, 1.807) is 24.1 Å². The quantitative estimate of drug-likeness (QED) is 0.617. The fraction of sp³-hybridized carbons (Fsp3) is 0.292. The van der Waals surface area contributed by atoms with Crippen molar-refractivity contribution in [3.8, 4) is 11.4 Å². The summed E-state index contributed by atoms with van der Waals surface area (Å²) in [6.45, 7) is 2.18. The highest BCUT2D eigenvalue weighted by molar-refractivity contribution is 5.94. The molecule has 2 heterocycles. The van der Waals surface area contributed by atoms with Crippen LogP contribution in [0.25, 0.3) is 5.69 Å². The van der Waals surface area contributed by atoms with Crippen LogP contribution in [0, 0.1) is 0 Å². The van der Waals surface area contributed by atoms with Gasteiger partial charge in [-0.3, -0.25) is 9.59 Å². The summed E-state index contributed by atoms with van der Waals surface area (Å²) >= 11 is 0. The first-order valence-electron chi connectivity index (χ1n) is 10.4. The molecule has 0 spiro atoms. The first kappa shape index (κ1) is 20.7. The SMILES string of the molecule is COc1cccc(C(=O)N2CCN(C(=O)CCc3cnn(-c4ccccc4)c3)CC2)c1. The molecule has 2 aromatic carbocycles. The summed E-state index contributed by atoms with van der Waals surface area (Å²) in [5.74, 6) is 0.746. The van der Waals surface area contributed by atoms with Crippen molar-refractivity contribution in [2.45, 2.75) is 12.8 Å². The number of methoxy groups -OCH3 is 1. The van der Waals surface area contributed by atoms with Gasteiger partial charge in [-0.15, -0.1) is 0 Å². The summed E-state index contributed by atoms with van der Waals surface area (Å²) in [5.41, 5.74) is 2.63. The molecule has 7 heteroatoms. The lowest BCUT2D eigenvalue weighted by molar-refractivity contribution is -0.132. The van der Waals surface area contributed by atoms with E-state index >= 15 is 0 Å². The van der Waals surface area contributed by atoms with E-state index in [1.807, 2.05) is 64.4 Å². The zero-order valence-electron chi connectivity index (χ0n) is 17.6. The molecule has 1 aliphatic heterocycles. The van der Waals surface area contributed by atoms with Crippen molar-refractivity contribution in [3.63, 3.8) is 0 Å². The Hall–Kier alpha value is -3.61. The Bertz CT molecular complexity index is 1040. The van der Waals surface area contributed by atoms with Gasteiger partial charge in [0.2, 0.25) is 5.91 Å². The number of carbonyl (C=O) groups is 2. The summed E-state index contributed by atoms with van der Waals surface area (Å²) in [6, 6.07) is 17.1. The number of benzene rings is 2.